The minimum absolute atomic E-state index is 0.461. The lowest BCUT2D eigenvalue weighted by Crippen LogP contribution is -2.29. The molecule has 0 atom stereocenters. The molecule has 0 saturated heterocycles. The number of nitrogen functional groups attached to an aromatic ring is 1. The normalized spacial score (nSPS) is 11.3. The predicted molar refractivity (Wildman–Crippen MR) is 82.1 cm³/mol. The molecule has 0 bridgehead atoms. The van der Waals surface area contributed by atoms with Crippen LogP contribution in [0.25, 0.3) is 11.1 Å². The molecule has 0 fully saturated rings. The smallest absolute Gasteiger partial charge is 0.408 e. The Bertz CT molecular complexity index is 617. The molecule has 0 spiro atoms. The number of H-pyrrole nitrogens is 1. The van der Waals surface area contributed by atoms with Gasteiger partial charge in [0.1, 0.15) is 0 Å². The number of hydrogen-bond acceptors (Lipinski definition) is 5. The summed E-state index contributed by atoms with van der Waals surface area (Å²) in [5.41, 5.74) is 8.50. The highest BCUT2D eigenvalue weighted by molar-refractivity contribution is 5.85. The predicted octanol–water partition coefficient (Wildman–Crippen LogP) is 1.85. The molecule has 4 N–H and O–H groups in total. The van der Waals surface area contributed by atoms with Gasteiger partial charge in [-0.25, -0.2) is 4.79 Å². The average molecular weight is 278 g/mol. The van der Waals surface area contributed by atoms with E-state index in [1.807, 2.05) is 6.07 Å². The number of rotatable bonds is 7. The third-order valence-corrected chi connectivity index (χ3v) is 3.32. The van der Waals surface area contributed by atoms with Gasteiger partial charge in [0.15, 0.2) is 5.58 Å². The van der Waals surface area contributed by atoms with Gasteiger partial charge >= 0.3 is 5.76 Å². The van der Waals surface area contributed by atoms with Crippen LogP contribution in [0, 0.1) is 0 Å². The van der Waals surface area contributed by atoms with Crippen molar-refractivity contribution in [1.82, 2.24) is 9.88 Å². The van der Waals surface area contributed by atoms with Gasteiger partial charge in [-0.2, -0.15) is 0 Å². The summed E-state index contributed by atoms with van der Waals surface area (Å²) >= 11 is 0. The number of nitrogens with two attached hydrogens (primary N) is 1. The summed E-state index contributed by atoms with van der Waals surface area (Å²) in [6.07, 6.45) is 1.15. The number of benzene rings is 1. The third kappa shape index (κ3) is 3.33. The van der Waals surface area contributed by atoms with Gasteiger partial charge in [0, 0.05) is 19.2 Å². The van der Waals surface area contributed by atoms with Crippen molar-refractivity contribution < 1.29 is 4.42 Å². The largest absolute Gasteiger partial charge is 0.417 e. The lowest BCUT2D eigenvalue weighted by atomic mass is 10.2. The fourth-order valence-corrected chi connectivity index (χ4v) is 2.26. The maximum atomic E-state index is 11.1. The van der Waals surface area contributed by atoms with Crippen LogP contribution in [-0.4, -0.2) is 36.1 Å². The molecule has 2 aromatic rings. The summed E-state index contributed by atoms with van der Waals surface area (Å²) < 4.78 is 4.97. The first-order valence-corrected chi connectivity index (χ1v) is 7.02. The summed E-state index contributed by atoms with van der Waals surface area (Å²) in [6.45, 7) is 8.25. The molecule has 2 rings (SSSR count). The topological polar surface area (TPSA) is 87.3 Å². The summed E-state index contributed by atoms with van der Waals surface area (Å²) in [5, 5.41) is 3.31. The van der Waals surface area contributed by atoms with Crippen LogP contribution in [0.5, 0.6) is 0 Å². The first-order chi connectivity index (χ1) is 9.63. The van der Waals surface area contributed by atoms with Crippen LogP contribution >= 0.6 is 0 Å². The third-order valence-electron chi connectivity index (χ3n) is 3.32. The van der Waals surface area contributed by atoms with Crippen LogP contribution in [-0.2, 0) is 0 Å². The van der Waals surface area contributed by atoms with Crippen molar-refractivity contribution in [1.29, 1.82) is 0 Å². The molecule has 0 amide bonds. The van der Waals surface area contributed by atoms with Gasteiger partial charge in [-0.3, -0.25) is 4.98 Å². The SMILES string of the molecule is CCCN(CC)CCNc1cc2[nH]c(=O)oc2cc1N. The Kier molecular flexibility index (Phi) is 4.68. The zero-order valence-corrected chi connectivity index (χ0v) is 12.0. The standard InChI is InChI=1S/C14H22N4O2/c1-3-6-18(4-2)7-5-16-11-9-12-13(8-10(11)15)20-14(19)17-12/h8-9,16H,3-7,15H2,1-2H3,(H,17,19). The first kappa shape index (κ1) is 14.5. The molecule has 0 radical (unpaired) electrons. The Morgan fingerprint density at radius 3 is 2.85 bits per heavy atom. The zero-order valence-electron chi connectivity index (χ0n) is 12.0. The molecule has 1 heterocycles. The fourth-order valence-electron chi connectivity index (χ4n) is 2.26. The van der Waals surface area contributed by atoms with Gasteiger partial charge in [-0.05, 0) is 25.6 Å². The number of nitrogens with zero attached hydrogens (tertiary/aromatic N) is 1. The zero-order chi connectivity index (χ0) is 14.5. The first-order valence-electron chi connectivity index (χ1n) is 7.02. The second-order valence-electron chi connectivity index (χ2n) is 4.81. The van der Waals surface area contributed by atoms with E-state index in [-0.39, 0.29) is 0 Å². The summed E-state index contributed by atoms with van der Waals surface area (Å²) in [7, 11) is 0. The summed E-state index contributed by atoms with van der Waals surface area (Å²) in [4.78, 5) is 16.1. The molecule has 0 unspecified atom stereocenters. The van der Waals surface area contributed by atoms with Gasteiger partial charge in [-0.1, -0.05) is 13.8 Å². The highest BCUT2D eigenvalue weighted by atomic mass is 16.4. The molecule has 1 aromatic heterocycles. The molecule has 0 aliphatic carbocycles. The maximum absolute atomic E-state index is 11.1. The Morgan fingerprint density at radius 2 is 2.15 bits per heavy atom. The number of oxazole rings is 1. The van der Waals surface area contributed by atoms with E-state index in [0.717, 1.165) is 38.3 Å². The summed E-state index contributed by atoms with van der Waals surface area (Å²) in [6, 6.07) is 3.48. The quantitative estimate of drug-likeness (QED) is 0.673. The molecule has 6 heteroatoms. The van der Waals surface area contributed by atoms with Crippen molar-refractivity contribution in [3.63, 3.8) is 0 Å². The highest BCUT2D eigenvalue weighted by Crippen LogP contribution is 2.24. The van der Waals surface area contributed by atoms with Crippen LogP contribution in [0.15, 0.2) is 21.3 Å². The molecule has 110 valence electrons. The second kappa shape index (κ2) is 6.47. The van der Waals surface area contributed by atoms with E-state index in [2.05, 4.69) is 29.0 Å². The molecule has 0 aliphatic heterocycles. The molecule has 1 aromatic carbocycles. The number of anilines is 2. The number of likely N-dealkylation sites (N-methyl/N-ethyl adjacent to an activating group) is 1. The van der Waals surface area contributed by atoms with E-state index in [9.17, 15) is 4.79 Å². The van der Waals surface area contributed by atoms with Crippen LogP contribution in [0.4, 0.5) is 11.4 Å². The molecule has 6 nitrogen and oxygen atoms in total. The van der Waals surface area contributed by atoms with Crippen molar-refractivity contribution in [2.75, 3.05) is 37.2 Å². The Morgan fingerprint density at radius 1 is 1.35 bits per heavy atom. The van der Waals surface area contributed by atoms with Gasteiger partial charge < -0.3 is 20.4 Å². The van der Waals surface area contributed by atoms with E-state index < -0.39 is 5.76 Å². The van der Waals surface area contributed by atoms with Crippen molar-refractivity contribution in [2.24, 2.45) is 0 Å². The minimum Gasteiger partial charge on any atom is -0.408 e. The van der Waals surface area contributed by atoms with Gasteiger partial charge in [0.25, 0.3) is 0 Å². The Hall–Kier alpha value is -1.95. The van der Waals surface area contributed by atoms with E-state index in [1.54, 1.807) is 6.07 Å². The molecule has 0 saturated carbocycles. The van der Waals surface area contributed by atoms with Gasteiger partial charge in [0.2, 0.25) is 0 Å². The molecular formula is C14H22N4O2. The van der Waals surface area contributed by atoms with Crippen LogP contribution in [0.3, 0.4) is 0 Å². The number of fused-ring (bicyclic) bond motifs is 1. The lowest BCUT2D eigenvalue weighted by molar-refractivity contribution is 0.300. The van der Waals surface area contributed by atoms with Crippen molar-refractivity contribution in [3.8, 4) is 0 Å². The van der Waals surface area contributed by atoms with Crippen molar-refractivity contribution in [3.05, 3.63) is 22.7 Å². The second-order valence-corrected chi connectivity index (χ2v) is 4.81. The van der Waals surface area contributed by atoms with E-state index in [1.165, 1.54) is 0 Å². The lowest BCUT2D eigenvalue weighted by Gasteiger charge is -2.20. The maximum Gasteiger partial charge on any atom is 0.417 e. The summed E-state index contributed by atoms with van der Waals surface area (Å²) in [5.74, 6) is -0.461. The minimum atomic E-state index is -0.461. The van der Waals surface area contributed by atoms with Crippen LogP contribution in [0.2, 0.25) is 0 Å². The highest BCUT2D eigenvalue weighted by Gasteiger charge is 2.07. The Labute approximate surface area is 117 Å². The average Bonchev–Trinajstić information content (AvgIpc) is 2.77. The number of aromatic amines is 1. The van der Waals surface area contributed by atoms with Crippen LogP contribution < -0.4 is 16.8 Å². The number of hydrogen-bond donors (Lipinski definition) is 3. The van der Waals surface area contributed by atoms with Crippen molar-refractivity contribution in [2.45, 2.75) is 20.3 Å². The van der Waals surface area contributed by atoms with Crippen molar-refractivity contribution >= 4 is 22.5 Å². The fraction of sp³-hybridized carbons (Fsp3) is 0.500. The molecular weight excluding hydrogens is 256 g/mol. The van der Waals surface area contributed by atoms with Gasteiger partial charge in [-0.15, -0.1) is 0 Å². The van der Waals surface area contributed by atoms with E-state index in [0.29, 0.717) is 16.8 Å². The monoisotopic (exact) mass is 278 g/mol. The Balaban J connectivity index is 2.02. The van der Waals surface area contributed by atoms with Gasteiger partial charge in [0.05, 0.1) is 16.9 Å². The van der Waals surface area contributed by atoms with Crippen LogP contribution in [0.1, 0.15) is 20.3 Å². The van der Waals surface area contributed by atoms with E-state index >= 15 is 0 Å². The molecule has 0 aliphatic rings. The molecule has 20 heavy (non-hydrogen) atoms. The van der Waals surface area contributed by atoms with E-state index in [4.69, 9.17) is 10.2 Å². The number of aromatic nitrogens is 1. The number of nitrogens with one attached hydrogen (secondary N) is 2.